The second-order valence-corrected chi connectivity index (χ2v) is 4.50. The number of hydrogen-bond donors (Lipinski definition) is 2. The van der Waals surface area contributed by atoms with E-state index in [1.165, 1.54) is 0 Å². The standard InChI is InChI=1S/C13H17N3O3/c17-13(15-16-5-8-18-9-6-16)10-2-1-3-11-12(10)19-7-4-14-11/h1-3,14H,4-9H2,(H,15,17). The number of nitrogens with zero attached hydrogens (tertiary/aromatic N) is 1. The van der Waals surface area contributed by atoms with Crippen LogP contribution in [0.2, 0.25) is 0 Å². The van der Waals surface area contributed by atoms with Gasteiger partial charge in [-0.05, 0) is 12.1 Å². The average molecular weight is 263 g/mol. The number of carbonyl (C=O) groups is 1. The summed E-state index contributed by atoms with van der Waals surface area (Å²) in [6.07, 6.45) is 0. The van der Waals surface area contributed by atoms with Gasteiger partial charge in [0.25, 0.3) is 5.91 Å². The van der Waals surface area contributed by atoms with Gasteiger partial charge in [0.15, 0.2) is 5.75 Å². The number of carbonyl (C=O) groups excluding carboxylic acids is 1. The molecule has 19 heavy (non-hydrogen) atoms. The number of hydrogen-bond acceptors (Lipinski definition) is 5. The SMILES string of the molecule is O=C(NN1CCOCC1)c1cccc2c1OCCN2. The van der Waals surface area contributed by atoms with Gasteiger partial charge < -0.3 is 14.8 Å². The van der Waals surface area contributed by atoms with Crippen molar-refractivity contribution >= 4 is 11.6 Å². The normalized spacial score (nSPS) is 18.9. The molecular weight excluding hydrogens is 246 g/mol. The zero-order chi connectivity index (χ0) is 13.1. The van der Waals surface area contributed by atoms with E-state index in [9.17, 15) is 4.79 Å². The van der Waals surface area contributed by atoms with Crippen LogP contribution in [-0.2, 0) is 4.74 Å². The van der Waals surface area contributed by atoms with Crippen LogP contribution in [0.3, 0.4) is 0 Å². The molecule has 102 valence electrons. The highest BCUT2D eigenvalue weighted by Gasteiger charge is 2.21. The van der Waals surface area contributed by atoms with E-state index < -0.39 is 0 Å². The molecule has 2 aliphatic rings. The number of morpholine rings is 1. The van der Waals surface area contributed by atoms with Gasteiger partial charge >= 0.3 is 0 Å². The van der Waals surface area contributed by atoms with Gasteiger partial charge in [-0.1, -0.05) is 6.07 Å². The molecule has 1 amide bonds. The maximum Gasteiger partial charge on any atom is 0.269 e. The molecule has 1 saturated heterocycles. The van der Waals surface area contributed by atoms with Crippen molar-refractivity contribution in [3.05, 3.63) is 23.8 Å². The number of anilines is 1. The van der Waals surface area contributed by atoms with Gasteiger partial charge in [-0.15, -0.1) is 0 Å². The van der Waals surface area contributed by atoms with E-state index in [2.05, 4.69) is 10.7 Å². The molecule has 0 radical (unpaired) electrons. The first-order valence-electron chi connectivity index (χ1n) is 6.48. The van der Waals surface area contributed by atoms with Gasteiger partial charge in [0, 0.05) is 19.6 Å². The van der Waals surface area contributed by atoms with E-state index in [1.54, 1.807) is 6.07 Å². The third kappa shape index (κ3) is 2.64. The van der Waals surface area contributed by atoms with Crippen molar-refractivity contribution < 1.29 is 14.3 Å². The lowest BCUT2D eigenvalue weighted by molar-refractivity contribution is 0.0125. The van der Waals surface area contributed by atoms with Gasteiger partial charge in [-0.2, -0.15) is 0 Å². The van der Waals surface area contributed by atoms with Crippen molar-refractivity contribution in [2.24, 2.45) is 0 Å². The zero-order valence-corrected chi connectivity index (χ0v) is 10.6. The second kappa shape index (κ2) is 5.46. The van der Waals surface area contributed by atoms with E-state index in [-0.39, 0.29) is 5.91 Å². The number of para-hydroxylation sites is 1. The van der Waals surface area contributed by atoms with Crippen LogP contribution >= 0.6 is 0 Å². The van der Waals surface area contributed by atoms with Crippen LogP contribution in [0, 0.1) is 0 Å². The van der Waals surface area contributed by atoms with Gasteiger partial charge in [0.2, 0.25) is 0 Å². The lowest BCUT2D eigenvalue weighted by atomic mass is 10.1. The molecule has 1 fully saturated rings. The van der Waals surface area contributed by atoms with E-state index in [0.717, 1.165) is 12.2 Å². The van der Waals surface area contributed by atoms with Crippen molar-refractivity contribution in [2.75, 3.05) is 44.8 Å². The Morgan fingerprint density at radius 1 is 1.26 bits per heavy atom. The summed E-state index contributed by atoms with van der Waals surface area (Å²) in [6.45, 7) is 4.05. The number of hydrazine groups is 1. The van der Waals surface area contributed by atoms with Crippen LogP contribution in [0.5, 0.6) is 5.75 Å². The number of ether oxygens (including phenoxy) is 2. The minimum atomic E-state index is -0.137. The fourth-order valence-electron chi connectivity index (χ4n) is 2.23. The Kier molecular flexibility index (Phi) is 3.52. The monoisotopic (exact) mass is 263 g/mol. The Labute approximate surface area is 111 Å². The van der Waals surface area contributed by atoms with Gasteiger partial charge in [-0.3, -0.25) is 10.2 Å². The topological polar surface area (TPSA) is 62.8 Å². The minimum Gasteiger partial charge on any atom is -0.489 e. The Hall–Kier alpha value is -1.79. The number of fused-ring (bicyclic) bond motifs is 1. The first-order valence-corrected chi connectivity index (χ1v) is 6.48. The highest BCUT2D eigenvalue weighted by Crippen LogP contribution is 2.31. The highest BCUT2D eigenvalue weighted by molar-refractivity contribution is 5.98. The summed E-state index contributed by atoms with van der Waals surface area (Å²) in [5, 5.41) is 5.10. The molecule has 0 aromatic heterocycles. The fourth-order valence-corrected chi connectivity index (χ4v) is 2.23. The van der Waals surface area contributed by atoms with E-state index in [0.29, 0.717) is 44.2 Å². The van der Waals surface area contributed by atoms with Crippen LogP contribution in [0.1, 0.15) is 10.4 Å². The largest absolute Gasteiger partial charge is 0.489 e. The smallest absolute Gasteiger partial charge is 0.269 e. The molecule has 6 nitrogen and oxygen atoms in total. The molecular formula is C13H17N3O3. The first kappa shape index (κ1) is 12.3. The third-order valence-electron chi connectivity index (χ3n) is 3.19. The molecule has 0 unspecified atom stereocenters. The minimum absolute atomic E-state index is 0.137. The quantitative estimate of drug-likeness (QED) is 0.812. The number of nitrogens with one attached hydrogen (secondary N) is 2. The van der Waals surface area contributed by atoms with Gasteiger partial charge in [-0.25, -0.2) is 5.01 Å². The number of benzene rings is 1. The van der Waals surface area contributed by atoms with Crippen molar-refractivity contribution in [3.8, 4) is 5.75 Å². The molecule has 6 heteroatoms. The van der Waals surface area contributed by atoms with E-state index in [1.807, 2.05) is 17.1 Å². The van der Waals surface area contributed by atoms with E-state index in [4.69, 9.17) is 9.47 Å². The molecule has 2 aliphatic heterocycles. The van der Waals surface area contributed by atoms with Crippen molar-refractivity contribution in [1.29, 1.82) is 0 Å². The molecule has 0 aliphatic carbocycles. The fraction of sp³-hybridized carbons (Fsp3) is 0.462. The third-order valence-corrected chi connectivity index (χ3v) is 3.19. The number of amides is 1. The first-order chi connectivity index (χ1) is 9.34. The van der Waals surface area contributed by atoms with Crippen LogP contribution < -0.4 is 15.5 Å². The molecule has 0 saturated carbocycles. The second-order valence-electron chi connectivity index (χ2n) is 4.50. The molecule has 2 heterocycles. The van der Waals surface area contributed by atoms with E-state index >= 15 is 0 Å². The number of rotatable bonds is 2. The van der Waals surface area contributed by atoms with Gasteiger partial charge in [0.1, 0.15) is 6.61 Å². The summed E-state index contributed by atoms with van der Waals surface area (Å²) in [5.74, 6) is 0.502. The maximum atomic E-state index is 12.3. The zero-order valence-electron chi connectivity index (χ0n) is 10.6. The predicted molar refractivity (Wildman–Crippen MR) is 70.3 cm³/mol. The Morgan fingerprint density at radius 2 is 2.11 bits per heavy atom. The lowest BCUT2D eigenvalue weighted by Gasteiger charge is -2.28. The van der Waals surface area contributed by atoms with Crippen LogP contribution in [0.25, 0.3) is 0 Å². The van der Waals surface area contributed by atoms with Gasteiger partial charge in [0.05, 0.1) is 24.5 Å². The highest BCUT2D eigenvalue weighted by atomic mass is 16.5. The molecule has 0 spiro atoms. The summed E-state index contributed by atoms with van der Waals surface area (Å²) in [5.41, 5.74) is 4.33. The summed E-state index contributed by atoms with van der Waals surface area (Å²) in [6, 6.07) is 5.55. The Balaban J connectivity index is 1.75. The van der Waals surface area contributed by atoms with Crippen LogP contribution in [0.4, 0.5) is 5.69 Å². The summed E-state index contributed by atoms with van der Waals surface area (Å²) in [7, 11) is 0. The Bertz CT molecular complexity index is 472. The molecule has 1 aromatic rings. The molecule has 3 rings (SSSR count). The predicted octanol–water partition coefficient (Wildman–Crippen LogP) is 0.468. The molecule has 1 aromatic carbocycles. The molecule has 0 atom stereocenters. The lowest BCUT2D eigenvalue weighted by Crippen LogP contribution is -2.48. The summed E-state index contributed by atoms with van der Waals surface area (Å²) >= 11 is 0. The van der Waals surface area contributed by atoms with Crippen LogP contribution in [0.15, 0.2) is 18.2 Å². The average Bonchev–Trinajstić information content (AvgIpc) is 2.47. The maximum absolute atomic E-state index is 12.3. The summed E-state index contributed by atoms with van der Waals surface area (Å²) < 4.78 is 10.8. The van der Waals surface area contributed by atoms with Crippen molar-refractivity contribution in [3.63, 3.8) is 0 Å². The van der Waals surface area contributed by atoms with Crippen molar-refractivity contribution in [2.45, 2.75) is 0 Å². The molecule has 0 bridgehead atoms. The van der Waals surface area contributed by atoms with Crippen molar-refractivity contribution in [1.82, 2.24) is 10.4 Å². The van der Waals surface area contributed by atoms with Crippen LogP contribution in [-0.4, -0.2) is 50.4 Å². The Morgan fingerprint density at radius 3 is 2.95 bits per heavy atom. The summed E-state index contributed by atoms with van der Waals surface area (Å²) in [4.78, 5) is 12.3. The molecule has 2 N–H and O–H groups in total.